The van der Waals surface area contributed by atoms with E-state index < -0.39 is 10.0 Å². The average Bonchev–Trinajstić information content (AvgIpc) is 2.55. The molecule has 0 spiro atoms. The number of halogens is 1. The van der Waals surface area contributed by atoms with E-state index in [1.807, 2.05) is 0 Å². The number of rotatable bonds is 4. The predicted molar refractivity (Wildman–Crippen MR) is 89.9 cm³/mol. The maximum absolute atomic E-state index is 12.7. The number of aliphatic hydroxyl groups excluding tert-OH is 1. The van der Waals surface area contributed by atoms with Gasteiger partial charge in [0, 0.05) is 22.2 Å². The molecule has 0 saturated heterocycles. The third kappa shape index (κ3) is 3.14. The number of aromatic nitrogens is 1. The summed E-state index contributed by atoms with van der Waals surface area (Å²) in [4.78, 5) is 4.23. The molecule has 2 N–H and O–H groups in total. The Bertz CT molecular complexity index is 969. The summed E-state index contributed by atoms with van der Waals surface area (Å²) in [6.45, 7) is -0.327. The molecule has 7 heteroatoms. The van der Waals surface area contributed by atoms with Gasteiger partial charge < -0.3 is 5.11 Å². The maximum atomic E-state index is 12.7. The molecule has 0 bridgehead atoms. The lowest BCUT2D eigenvalue weighted by Gasteiger charge is -2.13. The molecule has 23 heavy (non-hydrogen) atoms. The quantitative estimate of drug-likeness (QED) is 0.759. The van der Waals surface area contributed by atoms with E-state index in [-0.39, 0.29) is 17.2 Å². The summed E-state index contributed by atoms with van der Waals surface area (Å²) in [6.07, 6.45) is 1.54. The highest BCUT2D eigenvalue weighted by atomic mass is 35.5. The molecule has 0 aliphatic heterocycles. The molecule has 118 valence electrons. The highest BCUT2D eigenvalue weighted by Gasteiger charge is 2.19. The second kappa shape index (κ2) is 6.16. The Morgan fingerprint density at radius 1 is 1.13 bits per heavy atom. The van der Waals surface area contributed by atoms with Crippen molar-refractivity contribution in [2.24, 2.45) is 0 Å². The number of hydrogen-bond acceptors (Lipinski definition) is 4. The van der Waals surface area contributed by atoms with Crippen LogP contribution >= 0.6 is 11.6 Å². The zero-order chi connectivity index (χ0) is 16.4. The van der Waals surface area contributed by atoms with Crippen molar-refractivity contribution in [2.45, 2.75) is 11.5 Å². The first-order valence-electron chi connectivity index (χ1n) is 6.77. The minimum atomic E-state index is -3.85. The van der Waals surface area contributed by atoms with Crippen LogP contribution < -0.4 is 4.72 Å². The van der Waals surface area contributed by atoms with Gasteiger partial charge in [0.25, 0.3) is 10.0 Å². The molecule has 1 aromatic heterocycles. The fraction of sp³-hybridized carbons (Fsp3) is 0.0625. The van der Waals surface area contributed by atoms with Gasteiger partial charge in [-0.25, -0.2) is 8.42 Å². The van der Waals surface area contributed by atoms with Gasteiger partial charge in [0.2, 0.25) is 0 Å². The normalized spacial score (nSPS) is 11.6. The number of sulfonamides is 1. The number of benzene rings is 2. The monoisotopic (exact) mass is 348 g/mol. The second-order valence-corrected chi connectivity index (χ2v) is 6.98. The van der Waals surface area contributed by atoms with E-state index in [4.69, 9.17) is 11.6 Å². The van der Waals surface area contributed by atoms with Crippen LogP contribution in [0.2, 0.25) is 5.02 Å². The van der Waals surface area contributed by atoms with Crippen molar-refractivity contribution in [2.75, 3.05) is 4.72 Å². The second-order valence-electron chi connectivity index (χ2n) is 4.90. The summed E-state index contributed by atoms with van der Waals surface area (Å²) in [5, 5.41) is 10.5. The van der Waals surface area contributed by atoms with Crippen LogP contribution in [0, 0.1) is 0 Å². The van der Waals surface area contributed by atoms with Gasteiger partial charge in [0.1, 0.15) is 4.90 Å². The summed E-state index contributed by atoms with van der Waals surface area (Å²) in [7, 11) is -3.85. The fourth-order valence-corrected chi connectivity index (χ4v) is 3.76. The number of fused-ring (bicyclic) bond motifs is 1. The molecule has 0 fully saturated rings. The minimum Gasteiger partial charge on any atom is -0.392 e. The lowest BCUT2D eigenvalue weighted by Crippen LogP contribution is -2.15. The largest absolute Gasteiger partial charge is 0.392 e. The number of anilines is 1. The van der Waals surface area contributed by atoms with Crippen molar-refractivity contribution < 1.29 is 13.5 Å². The molecule has 0 aliphatic carbocycles. The highest BCUT2D eigenvalue weighted by Crippen LogP contribution is 2.26. The number of hydrogen-bond donors (Lipinski definition) is 2. The fourth-order valence-electron chi connectivity index (χ4n) is 2.29. The Morgan fingerprint density at radius 2 is 1.91 bits per heavy atom. The number of nitrogens with zero attached hydrogens (tertiary/aromatic N) is 1. The predicted octanol–water partition coefficient (Wildman–Crippen LogP) is 3.18. The van der Waals surface area contributed by atoms with Crippen molar-refractivity contribution in [3.63, 3.8) is 0 Å². The Balaban J connectivity index is 2.08. The van der Waals surface area contributed by atoms with Crippen LogP contribution in [-0.2, 0) is 16.6 Å². The highest BCUT2D eigenvalue weighted by molar-refractivity contribution is 7.93. The first-order chi connectivity index (χ1) is 11.0. The molecule has 0 unspecified atom stereocenters. The third-order valence-corrected chi connectivity index (χ3v) is 5.00. The van der Waals surface area contributed by atoms with Crippen molar-refractivity contribution in [1.29, 1.82) is 0 Å². The molecule has 2 aromatic carbocycles. The Labute approximate surface area is 138 Å². The van der Waals surface area contributed by atoms with E-state index in [0.717, 1.165) is 5.39 Å². The van der Waals surface area contributed by atoms with Gasteiger partial charge in [-0.2, -0.15) is 0 Å². The van der Waals surface area contributed by atoms with Crippen LogP contribution in [0.4, 0.5) is 5.69 Å². The van der Waals surface area contributed by atoms with Gasteiger partial charge in [0.15, 0.2) is 0 Å². The van der Waals surface area contributed by atoms with Gasteiger partial charge in [-0.15, -0.1) is 0 Å². The zero-order valence-corrected chi connectivity index (χ0v) is 13.5. The number of pyridine rings is 1. The molecule has 3 rings (SSSR count). The number of aliphatic hydroxyl groups is 1. The first-order valence-corrected chi connectivity index (χ1v) is 8.63. The van der Waals surface area contributed by atoms with E-state index in [0.29, 0.717) is 16.1 Å². The minimum absolute atomic E-state index is 0.0782. The van der Waals surface area contributed by atoms with E-state index in [1.165, 1.54) is 18.2 Å². The number of nitrogens with one attached hydrogen (secondary N) is 1. The number of para-hydroxylation sites is 1. The third-order valence-electron chi connectivity index (χ3n) is 3.37. The van der Waals surface area contributed by atoms with Crippen molar-refractivity contribution >= 4 is 38.2 Å². The molecule has 3 aromatic rings. The molecule has 1 heterocycles. The summed E-state index contributed by atoms with van der Waals surface area (Å²) in [5.74, 6) is 0. The van der Waals surface area contributed by atoms with E-state index in [1.54, 1.807) is 36.5 Å². The average molecular weight is 349 g/mol. The Hall–Kier alpha value is -2.15. The van der Waals surface area contributed by atoms with Gasteiger partial charge in [-0.05, 0) is 30.3 Å². The molecule has 0 aliphatic rings. The van der Waals surface area contributed by atoms with E-state index in [2.05, 4.69) is 9.71 Å². The van der Waals surface area contributed by atoms with Crippen LogP contribution in [0.3, 0.4) is 0 Å². The smallest absolute Gasteiger partial charge is 0.264 e. The molecular weight excluding hydrogens is 336 g/mol. The van der Waals surface area contributed by atoms with Gasteiger partial charge in [-0.3, -0.25) is 9.71 Å². The maximum Gasteiger partial charge on any atom is 0.264 e. The van der Waals surface area contributed by atoms with Gasteiger partial charge >= 0.3 is 0 Å². The van der Waals surface area contributed by atoms with Crippen LogP contribution in [0.1, 0.15) is 5.56 Å². The Kier molecular flexibility index (Phi) is 4.21. The lowest BCUT2D eigenvalue weighted by molar-refractivity contribution is 0.282. The summed E-state index contributed by atoms with van der Waals surface area (Å²) in [6, 6.07) is 13.1. The van der Waals surface area contributed by atoms with Crippen LogP contribution in [0.15, 0.2) is 59.6 Å². The molecular formula is C16H13ClN2O3S. The van der Waals surface area contributed by atoms with Crippen molar-refractivity contribution in [3.8, 4) is 0 Å². The standard InChI is InChI=1S/C16H13ClN2O3S/c17-13-6-7-14(12(9-13)10-20)19-23(21,22)15-5-1-3-11-4-2-8-18-16(11)15/h1-9,19-20H,10H2. The summed E-state index contributed by atoms with van der Waals surface area (Å²) < 4.78 is 27.9. The van der Waals surface area contributed by atoms with E-state index >= 15 is 0 Å². The lowest BCUT2D eigenvalue weighted by atomic mass is 10.2. The summed E-state index contributed by atoms with van der Waals surface area (Å²) in [5.41, 5.74) is 1.07. The van der Waals surface area contributed by atoms with Crippen LogP contribution in [0.5, 0.6) is 0 Å². The van der Waals surface area contributed by atoms with Gasteiger partial charge in [-0.1, -0.05) is 29.8 Å². The van der Waals surface area contributed by atoms with Crippen molar-refractivity contribution in [1.82, 2.24) is 4.98 Å². The van der Waals surface area contributed by atoms with Gasteiger partial charge in [0.05, 0.1) is 17.8 Å². The van der Waals surface area contributed by atoms with E-state index in [9.17, 15) is 13.5 Å². The molecule has 0 amide bonds. The first kappa shape index (κ1) is 15.7. The topological polar surface area (TPSA) is 79.3 Å². The van der Waals surface area contributed by atoms with Crippen LogP contribution in [-0.4, -0.2) is 18.5 Å². The molecule has 0 atom stereocenters. The molecule has 0 radical (unpaired) electrons. The molecule has 0 saturated carbocycles. The van der Waals surface area contributed by atoms with Crippen LogP contribution in [0.25, 0.3) is 10.9 Å². The molecule has 5 nitrogen and oxygen atoms in total. The Morgan fingerprint density at radius 3 is 2.70 bits per heavy atom. The summed E-state index contributed by atoms with van der Waals surface area (Å²) >= 11 is 5.86. The zero-order valence-electron chi connectivity index (χ0n) is 11.9. The SMILES string of the molecule is O=S(=O)(Nc1ccc(Cl)cc1CO)c1cccc2cccnc12. The van der Waals surface area contributed by atoms with Crippen molar-refractivity contribution in [3.05, 3.63) is 65.3 Å².